The van der Waals surface area contributed by atoms with E-state index in [1.807, 2.05) is 33.3 Å². The topological polar surface area (TPSA) is 114 Å². The first-order valence-corrected chi connectivity index (χ1v) is 32.2. The van der Waals surface area contributed by atoms with Crippen molar-refractivity contribution in [2.45, 2.75) is 258 Å². The van der Waals surface area contributed by atoms with Crippen LogP contribution in [0.25, 0.3) is 0 Å². The molecule has 0 aliphatic carbocycles. The van der Waals surface area contributed by atoms with Crippen molar-refractivity contribution in [3.8, 4) is 0 Å². The van der Waals surface area contributed by atoms with E-state index in [0.717, 1.165) is 116 Å². The van der Waals surface area contributed by atoms with Gasteiger partial charge in [-0.25, -0.2) is 0 Å². The molecule has 0 saturated heterocycles. The van der Waals surface area contributed by atoms with Crippen molar-refractivity contribution in [3.05, 3.63) is 109 Å². The standard InChI is InChI=1S/C66H115N2O7P/c1-7-10-13-16-19-22-25-28-30-31-32-33-34-35-36-37-39-41-44-47-50-53-56-59-66(70)75-64(57-54-51-48-45-42-27-24-21-18-15-12-9-3)63(62-74-76(71,72)73-61-60-68(4,5)6)67-65(69)58-55-52-49-46-43-40-38-29-26-23-20-17-14-11-8-2/h10-11,13-14,17,19-20,22-23,26,28,30,32-33,35-36,54,57,63-64H,7-9,12,15-16,18,21,24-25,27,29,31,34,37-53,55-56,58-62H2,1-6H3,(H-,67,69,71,72)/b13-10-,14-11+,20-17+,22-19-,26-23+,30-28-,33-32-,36-35-,57-54-. The fourth-order valence-electron chi connectivity index (χ4n) is 8.31. The van der Waals surface area contributed by atoms with Crippen LogP contribution in [0.3, 0.4) is 0 Å². The van der Waals surface area contributed by atoms with E-state index >= 15 is 0 Å². The van der Waals surface area contributed by atoms with Crippen LogP contribution in [0.5, 0.6) is 0 Å². The summed E-state index contributed by atoms with van der Waals surface area (Å²) in [5, 5.41) is 3.01. The summed E-state index contributed by atoms with van der Waals surface area (Å²) in [5.74, 6) is -0.574. The normalized spacial score (nSPS) is 14.5. The fourth-order valence-corrected chi connectivity index (χ4v) is 9.04. The van der Waals surface area contributed by atoms with E-state index in [9.17, 15) is 19.0 Å². The number of likely N-dealkylation sites (N-methyl/N-ethyl adjacent to an activating group) is 1. The Morgan fingerprint density at radius 1 is 0.487 bits per heavy atom. The number of rotatable bonds is 54. The first-order chi connectivity index (χ1) is 36.9. The third kappa shape index (κ3) is 55.4. The molecule has 436 valence electrons. The number of carbonyl (C=O) groups excluding carboxylic acids is 2. The zero-order chi connectivity index (χ0) is 55.7. The van der Waals surface area contributed by atoms with Gasteiger partial charge < -0.3 is 28.5 Å². The van der Waals surface area contributed by atoms with Crippen molar-refractivity contribution in [1.82, 2.24) is 5.32 Å². The lowest BCUT2D eigenvalue weighted by atomic mass is 10.0. The number of hydrogen-bond donors (Lipinski definition) is 1. The second-order valence-corrected chi connectivity index (χ2v) is 22.9. The summed E-state index contributed by atoms with van der Waals surface area (Å²) in [6.07, 6.45) is 74.8. The van der Waals surface area contributed by atoms with Gasteiger partial charge in [0, 0.05) is 12.8 Å². The molecule has 0 aliphatic rings. The molecule has 0 fully saturated rings. The molecule has 1 amide bonds. The van der Waals surface area contributed by atoms with Gasteiger partial charge >= 0.3 is 5.97 Å². The molecule has 0 spiro atoms. The first-order valence-electron chi connectivity index (χ1n) is 30.7. The lowest BCUT2D eigenvalue weighted by Gasteiger charge is -2.30. The van der Waals surface area contributed by atoms with Crippen molar-refractivity contribution in [3.63, 3.8) is 0 Å². The number of allylic oxidation sites excluding steroid dienone is 17. The van der Waals surface area contributed by atoms with Crippen LogP contribution in [-0.4, -0.2) is 69.4 Å². The SMILES string of the molecule is CC/C=C\C/C=C\C/C=C\C/C=C\C/C=C\CCCCCCCCCC(=O)OC(/C=C\CCCCCCCCCCCC)C(COP(=O)([O-])OCC[N+](C)(C)C)NC(=O)CCCCCCCCC/C=C/C=C/C=C/CC. The molecule has 0 aromatic carbocycles. The predicted molar refractivity (Wildman–Crippen MR) is 325 cm³/mol. The highest BCUT2D eigenvalue weighted by atomic mass is 31.2. The van der Waals surface area contributed by atoms with E-state index in [0.29, 0.717) is 23.9 Å². The Balaban J connectivity index is 5.26. The van der Waals surface area contributed by atoms with E-state index in [2.05, 4.69) is 123 Å². The Bertz CT molecular complexity index is 1670. The number of carbonyl (C=O) groups is 2. The molecule has 0 radical (unpaired) electrons. The quantitative estimate of drug-likeness (QED) is 0.0161. The lowest BCUT2D eigenvalue weighted by molar-refractivity contribution is -0.870. The number of hydrogen-bond acceptors (Lipinski definition) is 7. The second kappa shape index (κ2) is 55.0. The van der Waals surface area contributed by atoms with Crippen molar-refractivity contribution < 1.29 is 37.3 Å². The monoisotopic (exact) mass is 1080 g/mol. The number of ether oxygens (including phenoxy) is 1. The Kier molecular flexibility index (Phi) is 52.6. The molecule has 0 saturated carbocycles. The maximum absolute atomic E-state index is 13.5. The van der Waals surface area contributed by atoms with E-state index in [-0.39, 0.29) is 24.9 Å². The average Bonchev–Trinajstić information content (AvgIpc) is 3.38. The highest BCUT2D eigenvalue weighted by Gasteiger charge is 2.27. The van der Waals surface area contributed by atoms with Crippen LogP contribution < -0.4 is 10.2 Å². The number of nitrogens with one attached hydrogen (secondary N) is 1. The Labute approximate surface area is 468 Å². The minimum absolute atomic E-state index is 0.0323. The molecular formula is C66H115N2O7P. The van der Waals surface area contributed by atoms with Crippen LogP contribution >= 0.6 is 7.82 Å². The largest absolute Gasteiger partial charge is 0.756 e. The molecular weight excluding hydrogens is 964 g/mol. The first kappa shape index (κ1) is 72.7. The van der Waals surface area contributed by atoms with Crippen molar-refractivity contribution in [1.29, 1.82) is 0 Å². The highest BCUT2D eigenvalue weighted by Crippen LogP contribution is 2.38. The van der Waals surface area contributed by atoms with Gasteiger partial charge in [0.25, 0.3) is 7.82 Å². The van der Waals surface area contributed by atoms with Gasteiger partial charge in [-0.05, 0) is 96.0 Å². The van der Waals surface area contributed by atoms with Crippen LogP contribution in [0.15, 0.2) is 109 Å². The van der Waals surface area contributed by atoms with Gasteiger partial charge in [0.2, 0.25) is 5.91 Å². The molecule has 0 bridgehead atoms. The smallest absolute Gasteiger partial charge is 0.306 e. The van der Waals surface area contributed by atoms with Crippen LogP contribution in [0.4, 0.5) is 0 Å². The van der Waals surface area contributed by atoms with E-state index in [1.165, 1.54) is 89.9 Å². The summed E-state index contributed by atoms with van der Waals surface area (Å²) in [6.45, 7) is 6.57. The number of phosphoric acid groups is 1. The van der Waals surface area contributed by atoms with Gasteiger partial charge in [-0.1, -0.05) is 246 Å². The summed E-state index contributed by atoms with van der Waals surface area (Å²) in [4.78, 5) is 40.0. The van der Waals surface area contributed by atoms with E-state index < -0.39 is 26.6 Å². The molecule has 3 unspecified atom stereocenters. The molecule has 0 aromatic rings. The second-order valence-electron chi connectivity index (χ2n) is 21.5. The van der Waals surface area contributed by atoms with Gasteiger partial charge in [0.15, 0.2) is 0 Å². The van der Waals surface area contributed by atoms with E-state index in [4.69, 9.17) is 13.8 Å². The summed E-state index contributed by atoms with van der Waals surface area (Å²) in [7, 11) is 1.15. The molecule has 1 N–H and O–H groups in total. The van der Waals surface area contributed by atoms with Crippen LogP contribution in [0.2, 0.25) is 0 Å². The maximum atomic E-state index is 13.5. The predicted octanol–water partition coefficient (Wildman–Crippen LogP) is 18.3. The minimum atomic E-state index is -4.71. The summed E-state index contributed by atoms with van der Waals surface area (Å²) < 4.78 is 30.3. The zero-order valence-corrected chi connectivity index (χ0v) is 50.6. The highest BCUT2D eigenvalue weighted by molar-refractivity contribution is 7.45. The Hall–Kier alpha value is -3.33. The van der Waals surface area contributed by atoms with Gasteiger partial charge in [0.05, 0.1) is 33.8 Å². The minimum Gasteiger partial charge on any atom is -0.756 e. The van der Waals surface area contributed by atoms with Gasteiger partial charge in [-0.15, -0.1) is 0 Å². The third-order valence-corrected chi connectivity index (χ3v) is 14.0. The Morgan fingerprint density at radius 2 is 0.908 bits per heavy atom. The van der Waals surface area contributed by atoms with Crippen LogP contribution in [0.1, 0.15) is 245 Å². The van der Waals surface area contributed by atoms with Gasteiger partial charge in [0.1, 0.15) is 19.3 Å². The zero-order valence-electron chi connectivity index (χ0n) is 49.7. The number of nitrogens with zero attached hydrogens (tertiary/aromatic N) is 1. The fraction of sp³-hybridized carbons (Fsp3) is 0.697. The summed E-state index contributed by atoms with van der Waals surface area (Å²) in [5.41, 5.74) is 0. The van der Waals surface area contributed by atoms with E-state index in [1.54, 1.807) is 0 Å². The summed E-state index contributed by atoms with van der Waals surface area (Å²) >= 11 is 0. The molecule has 10 heteroatoms. The van der Waals surface area contributed by atoms with Crippen LogP contribution in [-0.2, 0) is 27.9 Å². The number of phosphoric ester groups is 1. The number of amides is 1. The average molecular weight is 1080 g/mol. The van der Waals surface area contributed by atoms with Gasteiger partial charge in [-0.3, -0.25) is 14.2 Å². The summed E-state index contributed by atoms with van der Waals surface area (Å²) in [6, 6.07) is -0.906. The molecule has 9 nitrogen and oxygen atoms in total. The van der Waals surface area contributed by atoms with Crippen LogP contribution in [0, 0.1) is 0 Å². The molecule has 76 heavy (non-hydrogen) atoms. The van der Waals surface area contributed by atoms with Crippen molar-refractivity contribution >= 4 is 19.7 Å². The lowest BCUT2D eigenvalue weighted by Crippen LogP contribution is -2.47. The number of esters is 1. The molecule has 0 heterocycles. The third-order valence-electron chi connectivity index (χ3n) is 13.0. The molecule has 3 atom stereocenters. The molecule has 0 aromatic heterocycles. The number of unbranched alkanes of at least 4 members (excludes halogenated alkanes) is 24. The van der Waals surface area contributed by atoms with Gasteiger partial charge in [-0.2, -0.15) is 0 Å². The molecule has 0 rings (SSSR count). The maximum Gasteiger partial charge on any atom is 0.306 e. The molecule has 0 aliphatic heterocycles. The van der Waals surface area contributed by atoms with Crippen molar-refractivity contribution in [2.24, 2.45) is 0 Å². The number of quaternary nitrogens is 1. The van der Waals surface area contributed by atoms with Crippen molar-refractivity contribution in [2.75, 3.05) is 40.9 Å². The Morgan fingerprint density at radius 3 is 1.41 bits per heavy atom.